The van der Waals surface area contributed by atoms with Crippen molar-refractivity contribution in [2.45, 2.75) is 36.9 Å². The number of sulfonamides is 1. The van der Waals surface area contributed by atoms with Crippen LogP contribution in [0.25, 0.3) is 0 Å². The van der Waals surface area contributed by atoms with Crippen molar-refractivity contribution < 1.29 is 31.1 Å². The van der Waals surface area contributed by atoms with Gasteiger partial charge >= 0.3 is 6.18 Å². The molecule has 6 nitrogen and oxygen atoms in total. The molecule has 0 fully saturated rings. The van der Waals surface area contributed by atoms with Gasteiger partial charge in [-0.25, -0.2) is 13.1 Å². The largest absolute Gasteiger partial charge is 0.493 e. The zero-order chi connectivity index (χ0) is 24.2. The van der Waals surface area contributed by atoms with Gasteiger partial charge in [-0.15, -0.1) is 12.4 Å². The minimum Gasteiger partial charge on any atom is -0.493 e. The summed E-state index contributed by atoms with van der Waals surface area (Å²) < 4.78 is 76.7. The Kier molecular flexibility index (Phi) is 9.91. The number of benzene rings is 2. The van der Waals surface area contributed by atoms with Crippen LogP contribution in [0.3, 0.4) is 0 Å². The summed E-state index contributed by atoms with van der Waals surface area (Å²) in [5.74, 6) is 1.39. The highest BCUT2D eigenvalue weighted by Crippen LogP contribution is 2.34. The van der Waals surface area contributed by atoms with E-state index in [4.69, 9.17) is 21.1 Å². The van der Waals surface area contributed by atoms with Crippen molar-refractivity contribution >= 4 is 34.0 Å². The zero-order valence-corrected chi connectivity index (χ0v) is 21.1. The number of methoxy groups -OCH3 is 2. The zero-order valence-electron chi connectivity index (χ0n) is 18.7. The van der Waals surface area contributed by atoms with Gasteiger partial charge in [0.25, 0.3) is 0 Å². The van der Waals surface area contributed by atoms with Crippen LogP contribution in [0.2, 0.25) is 5.02 Å². The Morgan fingerprint density at radius 1 is 1.06 bits per heavy atom. The fraction of sp³-hybridized carbons (Fsp3) is 0.455. The van der Waals surface area contributed by atoms with Crippen molar-refractivity contribution in [3.05, 3.63) is 52.0 Å². The molecule has 0 aromatic heterocycles. The molecule has 2 aromatic rings. The molecule has 0 saturated carbocycles. The van der Waals surface area contributed by atoms with Crippen molar-refractivity contribution in [2.24, 2.45) is 0 Å². The summed E-state index contributed by atoms with van der Waals surface area (Å²) in [7, 11) is -0.953. The first-order valence-electron chi connectivity index (χ1n) is 10.4. The van der Waals surface area contributed by atoms with Crippen molar-refractivity contribution in [1.82, 2.24) is 9.62 Å². The van der Waals surface area contributed by atoms with E-state index in [9.17, 15) is 21.6 Å². The lowest BCUT2D eigenvalue weighted by molar-refractivity contribution is -0.137. The molecule has 0 amide bonds. The standard InChI is InChI=1S/C22H26ClF3N2O4S.ClH/c1-31-19-11-15-7-10-28(14-16(15)12-20(19)32-2)9-4-3-8-27-33(29,30)21-13-17(22(24,25)26)5-6-18(21)23;/h5-6,11-13,27H,3-4,7-10,14H2,1-2H3;1H. The van der Waals surface area contributed by atoms with Crippen LogP contribution in [0.5, 0.6) is 11.5 Å². The molecule has 1 N–H and O–H groups in total. The highest BCUT2D eigenvalue weighted by molar-refractivity contribution is 7.89. The molecule has 0 atom stereocenters. The van der Waals surface area contributed by atoms with E-state index in [0.29, 0.717) is 24.0 Å². The maximum atomic E-state index is 12.9. The van der Waals surface area contributed by atoms with Gasteiger partial charge < -0.3 is 9.47 Å². The lowest BCUT2D eigenvalue weighted by Crippen LogP contribution is -2.32. The van der Waals surface area contributed by atoms with Crippen LogP contribution < -0.4 is 14.2 Å². The van der Waals surface area contributed by atoms with Gasteiger partial charge in [-0.05, 0) is 67.3 Å². The summed E-state index contributed by atoms with van der Waals surface area (Å²) >= 11 is 5.84. The number of nitrogens with one attached hydrogen (secondary N) is 1. The third kappa shape index (κ3) is 6.91. The van der Waals surface area contributed by atoms with Crippen LogP contribution in [0.15, 0.2) is 35.2 Å². The molecular weight excluding hydrogens is 516 g/mol. The number of unbranched alkanes of at least 4 members (excludes halogenated alkanes) is 1. The van der Waals surface area contributed by atoms with Crippen molar-refractivity contribution in [2.75, 3.05) is 33.9 Å². The fourth-order valence-electron chi connectivity index (χ4n) is 3.76. The molecule has 34 heavy (non-hydrogen) atoms. The van der Waals surface area contributed by atoms with E-state index >= 15 is 0 Å². The summed E-state index contributed by atoms with van der Waals surface area (Å²) in [6.07, 6.45) is -2.53. The minimum absolute atomic E-state index is 0. The molecule has 1 heterocycles. The highest BCUT2D eigenvalue weighted by Gasteiger charge is 2.32. The molecule has 1 aliphatic heterocycles. The maximum absolute atomic E-state index is 12.9. The summed E-state index contributed by atoms with van der Waals surface area (Å²) in [4.78, 5) is 1.70. The molecular formula is C22H27Cl2F3N2O4S. The average molecular weight is 543 g/mol. The Morgan fingerprint density at radius 3 is 2.32 bits per heavy atom. The van der Waals surface area contributed by atoms with E-state index in [2.05, 4.69) is 9.62 Å². The molecule has 0 spiro atoms. The van der Waals surface area contributed by atoms with Gasteiger partial charge in [-0.3, -0.25) is 4.90 Å². The van der Waals surface area contributed by atoms with E-state index in [1.807, 2.05) is 12.1 Å². The summed E-state index contributed by atoms with van der Waals surface area (Å²) in [6, 6.07) is 6.23. The summed E-state index contributed by atoms with van der Waals surface area (Å²) in [5, 5.41) is -0.255. The monoisotopic (exact) mass is 542 g/mol. The quantitative estimate of drug-likeness (QED) is 0.456. The number of alkyl halides is 3. The van der Waals surface area contributed by atoms with Gasteiger partial charge in [0.2, 0.25) is 10.0 Å². The molecule has 0 unspecified atom stereocenters. The number of ether oxygens (including phenoxy) is 2. The second-order valence-corrected chi connectivity index (χ2v) is 9.89. The topological polar surface area (TPSA) is 67.9 Å². The molecule has 0 bridgehead atoms. The van der Waals surface area contributed by atoms with Crippen LogP contribution in [0.4, 0.5) is 13.2 Å². The van der Waals surface area contributed by atoms with Crippen LogP contribution in [-0.2, 0) is 29.2 Å². The Labute approximate surface area is 208 Å². The SMILES string of the molecule is COc1cc2c(cc1OC)CN(CCCCNS(=O)(=O)c1cc(C(F)(F)F)ccc1Cl)CC2.Cl. The average Bonchev–Trinajstić information content (AvgIpc) is 2.77. The fourth-order valence-corrected chi connectivity index (χ4v) is 5.36. The van der Waals surface area contributed by atoms with Crippen molar-refractivity contribution in [3.63, 3.8) is 0 Å². The third-order valence-electron chi connectivity index (χ3n) is 5.54. The lowest BCUT2D eigenvalue weighted by atomic mass is 9.98. The van der Waals surface area contributed by atoms with Gasteiger partial charge in [-0.1, -0.05) is 11.6 Å². The second-order valence-electron chi connectivity index (χ2n) is 7.75. The number of nitrogens with zero attached hydrogens (tertiary/aromatic N) is 1. The van der Waals surface area contributed by atoms with E-state index in [1.54, 1.807) is 14.2 Å². The van der Waals surface area contributed by atoms with Gasteiger partial charge in [-0.2, -0.15) is 13.2 Å². The first-order chi connectivity index (χ1) is 15.5. The Balaban J connectivity index is 0.00000408. The molecule has 0 aliphatic carbocycles. The predicted octanol–water partition coefficient (Wildman–Crippen LogP) is 4.91. The number of rotatable bonds is 9. The molecule has 12 heteroatoms. The number of hydrogen-bond donors (Lipinski definition) is 1. The predicted molar refractivity (Wildman–Crippen MR) is 127 cm³/mol. The van der Waals surface area contributed by atoms with Crippen LogP contribution >= 0.6 is 24.0 Å². The maximum Gasteiger partial charge on any atom is 0.416 e. The second kappa shape index (κ2) is 11.8. The Bertz CT molecular complexity index is 1100. The van der Waals surface area contributed by atoms with E-state index in [0.717, 1.165) is 44.6 Å². The smallest absolute Gasteiger partial charge is 0.416 e. The summed E-state index contributed by atoms with van der Waals surface area (Å²) in [5.41, 5.74) is 1.32. The molecule has 0 saturated heterocycles. The Hall–Kier alpha value is -1.72. The van der Waals surface area contributed by atoms with Gasteiger partial charge in [0, 0.05) is 19.6 Å². The minimum atomic E-state index is -4.66. The van der Waals surface area contributed by atoms with Crippen molar-refractivity contribution in [1.29, 1.82) is 0 Å². The van der Waals surface area contributed by atoms with E-state index in [1.165, 1.54) is 11.1 Å². The number of halogens is 5. The molecule has 3 rings (SSSR count). The van der Waals surface area contributed by atoms with E-state index < -0.39 is 26.7 Å². The van der Waals surface area contributed by atoms with Crippen LogP contribution in [0.1, 0.15) is 29.5 Å². The summed E-state index contributed by atoms with van der Waals surface area (Å²) in [6.45, 7) is 2.49. The van der Waals surface area contributed by atoms with Crippen LogP contribution in [0, 0.1) is 0 Å². The van der Waals surface area contributed by atoms with Gasteiger partial charge in [0.1, 0.15) is 4.90 Å². The molecule has 190 valence electrons. The number of fused-ring (bicyclic) bond motifs is 1. The third-order valence-corrected chi connectivity index (χ3v) is 7.48. The van der Waals surface area contributed by atoms with Crippen molar-refractivity contribution in [3.8, 4) is 11.5 Å². The van der Waals surface area contributed by atoms with Gasteiger partial charge in [0.05, 0.1) is 24.8 Å². The first kappa shape index (κ1) is 28.5. The molecule has 1 aliphatic rings. The normalized spacial score (nSPS) is 14.3. The van der Waals surface area contributed by atoms with Gasteiger partial charge in [0.15, 0.2) is 11.5 Å². The lowest BCUT2D eigenvalue weighted by Gasteiger charge is -2.29. The van der Waals surface area contributed by atoms with E-state index in [-0.39, 0.29) is 24.0 Å². The first-order valence-corrected chi connectivity index (χ1v) is 12.2. The molecule has 2 aromatic carbocycles. The number of hydrogen-bond acceptors (Lipinski definition) is 5. The molecule has 0 radical (unpaired) electrons. The van der Waals surface area contributed by atoms with Crippen LogP contribution in [-0.4, -0.2) is 47.2 Å². The Morgan fingerprint density at radius 2 is 1.71 bits per heavy atom. The highest BCUT2D eigenvalue weighted by atomic mass is 35.5.